The summed E-state index contributed by atoms with van der Waals surface area (Å²) in [5.41, 5.74) is 1.48. The largest absolute Gasteiger partial charge is 0.481 e. The summed E-state index contributed by atoms with van der Waals surface area (Å²) >= 11 is 0. The van der Waals surface area contributed by atoms with Crippen molar-refractivity contribution in [3.63, 3.8) is 0 Å². The minimum Gasteiger partial charge on any atom is -0.481 e. The molecule has 2 aromatic rings. The van der Waals surface area contributed by atoms with E-state index in [4.69, 9.17) is 4.74 Å². The Kier molecular flexibility index (Phi) is 5.09. The van der Waals surface area contributed by atoms with Crippen LogP contribution in [0.2, 0.25) is 0 Å². The van der Waals surface area contributed by atoms with Crippen molar-refractivity contribution in [1.29, 1.82) is 0 Å². The molecule has 0 unspecified atom stereocenters. The van der Waals surface area contributed by atoms with Gasteiger partial charge in [-0.05, 0) is 24.6 Å². The van der Waals surface area contributed by atoms with E-state index in [9.17, 15) is 4.79 Å². The lowest BCUT2D eigenvalue weighted by atomic mass is 10.2. The van der Waals surface area contributed by atoms with Gasteiger partial charge in [0.2, 0.25) is 5.88 Å². The van der Waals surface area contributed by atoms with Crippen molar-refractivity contribution in [1.82, 2.24) is 15.3 Å². The fraction of sp³-hybridized carbons (Fsp3) is 0.267. The van der Waals surface area contributed by atoms with Crippen LogP contribution in [0.4, 0.5) is 5.82 Å². The van der Waals surface area contributed by atoms with Crippen LogP contribution in [0.3, 0.4) is 0 Å². The van der Waals surface area contributed by atoms with Crippen LogP contribution in [0.15, 0.2) is 36.7 Å². The first kappa shape index (κ1) is 14.8. The number of pyridine rings is 2. The molecule has 2 aromatic heterocycles. The van der Waals surface area contributed by atoms with Crippen LogP contribution in [0, 0.1) is 0 Å². The Balaban J connectivity index is 1.95. The third kappa shape index (κ3) is 4.17. The molecule has 2 N–H and O–H groups in total. The number of hydrogen-bond donors (Lipinski definition) is 2. The maximum absolute atomic E-state index is 12.1. The number of ether oxygens (including phenoxy) is 1. The van der Waals surface area contributed by atoms with Crippen molar-refractivity contribution in [2.45, 2.75) is 13.5 Å². The molecule has 0 fully saturated rings. The lowest BCUT2D eigenvalue weighted by Gasteiger charge is -2.07. The number of hydrogen-bond acceptors (Lipinski definition) is 5. The summed E-state index contributed by atoms with van der Waals surface area (Å²) in [6.07, 6.45) is 3.29. The fourth-order valence-electron chi connectivity index (χ4n) is 1.77. The first-order valence-corrected chi connectivity index (χ1v) is 6.70. The molecule has 2 heterocycles. The second kappa shape index (κ2) is 7.23. The van der Waals surface area contributed by atoms with Crippen molar-refractivity contribution in [3.8, 4) is 5.88 Å². The number of nitrogens with one attached hydrogen (secondary N) is 2. The van der Waals surface area contributed by atoms with Gasteiger partial charge in [-0.15, -0.1) is 0 Å². The Bertz CT molecular complexity index is 599. The molecule has 0 saturated carbocycles. The highest BCUT2D eigenvalue weighted by molar-refractivity contribution is 5.94. The van der Waals surface area contributed by atoms with Crippen LogP contribution >= 0.6 is 0 Å². The number of rotatable bonds is 6. The molecule has 1 amide bonds. The molecule has 2 rings (SSSR count). The van der Waals surface area contributed by atoms with Gasteiger partial charge in [0.05, 0.1) is 7.11 Å². The molecule has 6 heteroatoms. The molecule has 0 spiro atoms. The Hall–Kier alpha value is -2.63. The Morgan fingerprint density at radius 1 is 1.29 bits per heavy atom. The predicted octanol–water partition coefficient (Wildman–Crippen LogP) is 1.85. The van der Waals surface area contributed by atoms with E-state index in [1.165, 1.54) is 0 Å². The number of aromatic nitrogens is 2. The molecule has 110 valence electrons. The summed E-state index contributed by atoms with van der Waals surface area (Å²) in [5, 5.41) is 5.92. The first-order valence-electron chi connectivity index (χ1n) is 6.70. The van der Waals surface area contributed by atoms with E-state index in [1.807, 2.05) is 13.0 Å². The number of anilines is 1. The molecular formula is C15H18N4O2. The number of amides is 1. The van der Waals surface area contributed by atoms with Crippen molar-refractivity contribution >= 4 is 11.7 Å². The lowest BCUT2D eigenvalue weighted by molar-refractivity contribution is 0.0951. The van der Waals surface area contributed by atoms with Crippen LogP contribution in [-0.4, -0.2) is 29.5 Å². The number of methoxy groups -OCH3 is 1. The second-order valence-corrected chi connectivity index (χ2v) is 4.35. The predicted molar refractivity (Wildman–Crippen MR) is 80.4 cm³/mol. The van der Waals surface area contributed by atoms with Gasteiger partial charge in [-0.3, -0.25) is 4.79 Å². The average molecular weight is 286 g/mol. The molecule has 0 bridgehead atoms. The maximum atomic E-state index is 12.1. The van der Waals surface area contributed by atoms with Gasteiger partial charge in [0.1, 0.15) is 5.82 Å². The first-order chi connectivity index (χ1) is 10.2. The van der Waals surface area contributed by atoms with E-state index in [1.54, 1.807) is 37.7 Å². The summed E-state index contributed by atoms with van der Waals surface area (Å²) in [4.78, 5) is 20.3. The molecule has 0 radical (unpaired) electrons. The SMILES string of the molecule is CCNc1cc(C(=O)NCc2ccc(OC)nc2)ccn1. The number of carbonyl (C=O) groups excluding carboxylic acids is 1. The monoisotopic (exact) mass is 286 g/mol. The summed E-state index contributed by atoms with van der Waals surface area (Å²) in [5.74, 6) is 1.10. The molecule has 0 aliphatic rings. The molecule has 0 aliphatic carbocycles. The Labute approximate surface area is 123 Å². The molecule has 0 atom stereocenters. The minimum atomic E-state index is -0.146. The van der Waals surface area contributed by atoms with Crippen molar-refractivity contribution < 1.29 is 9.53 Å². The van der Waals surface area contributed by atoms with Gasteiger partial charge in [0, 0.05) is 37.1 Å². The van der Waals surface area contributed by atoms with E-state index >= 15 is 0 Å². The van der Waals surface area contributed by atoms with Crippen LogP contribution in [0.25, 0.3) is 0 Å². The smallest absolute Gasteiger partial charge is 0.251 e. The standard InChI is InChI=1S/C15H18N4O2/c1-3-16-13-8-12(6-7-17-13)15(20)19-10-11-4-5-14(21-2)18-9-11/h4-9H,3,10H2,1-2H3,(H,16,17)(H,19,20). The zero-order valence-corrected chi connectivity index (χ0v) is 12.1. The van der Waals surface area contributed by atoms with E-state index in [-0.39, 0.29) is 5.91 Å². The van der Waals surface area contributed by atoms with Gasteiger partial charge in [0.15, 0.2) is 0 Å². The molecule has 0 aliphatic heterocycles. The van der Waals surface area contributed by atoms with Crippen LogP contribution < -0.4 is 15.4 Å². The van der Waals surface area contributed by atoms with Crippen molar-refractivity contribution in [3.05, 3.63) is 47.8 Å². The molecule has 0 aromatic carbocycles. The van der Waals surface area contributed by atoms with Crippen LogP contribution in [-0.2, 0) is 6.54 Å². The third-order valence-electron chi connectivity index (χ3n) is 2.84. The van der Waals surface area contributed by atoms with Gasteiger partial charge in [-0.25, -0.2) is 9.97 Å². The van der Waals surface area contributed by atoms with Gasteiger partial charge in [0.25, 0.3) is 5.91 Å². The molecule has 6 nitrogen and oxygen atoms in total. The van der Waals surface area contributed by atoms with Gasteiger partial charge in [-0.1, -0.05) is 6.07 Å². The van der Waals surface area contributed by atoms with E-state index in [0.29, 0.717) is 23.8 Å². The quantitative estimate of drug-likeness (QED) is 0.847. The number of nitrogens with zero attached hydrogens (tertiary/aromatic N) is 2. The highest BCUT2D eigenvalue weighted by atomic mass is 16.5. The molecular weight excluding hydrogens is 268 g/mol. The van der Waals surface area contributed by atoms with Gasteiger partial charge >= 0.3 is 0 Å². The summed E-state index contributed by atoms with van der Waals surface area (Å²) < 4.78 is 4.99. The summed E-state index contributed by atoms with van der Waals surface area (Å²) in [7, 11) is 1.56. The van der Waals surface area contributed by atoms with Crippen LogP contribution in [0.5, 0.6) is 5.88 Å². The lowest BCUT2D eigenvalue weighted by Crippen LogP contribution is -2.23. The van der Waals surface area contributed by atoms with Crippen molar-refractivity contribution in [2.75, 3.05) is 19.0 Å². The minimum absolute atomic E-state index is 0.146. The summed E-state index contributed by atoms with van der Waals surface area (Å²) in [6, 6.07) is 7.04. The molecule has 21 heavy (non-hydrogen) atoms. The maximum Gasteiger partial charge on any atom is 0.251 e. The Morgan fingerprint density at radius 2 is 2.14 bits per heavy atom. The molecule has 0 saturated heterocycles. The van der Waals surface area contributed by atoms with E-state index in [2.05, 4.69) is 20.6 Å². The zero-order chi connectivity index (χ0) is 15.1. The van der Waals surface area contributed by atoms with Crippen LogP contribution in [0.1, 0.15) is 22.8 Å². The normalized spacial score (nSPS) is 10.0. The second-order valence-electron chi connectivity index (χ2n) is 4.35. The average Bonchev–Trinajstić information content (AvgIpc) is 2.53. The fourth-order valence-corrected chi connectivity index (χ4v) is 1.77. The van der Waals surface area contributed by atoms with Crippen molar-refractivity contribution in [2.24, 2.45) is 0 Å². The highest BCUT2D eigenvalue weighted by Crippen LogP contribution is 2.08. The zero-order valence-electron chi connectivity index (χ0n) is 12.1. The Morgan fingerprint density at radius 3 is 2.81 bits per heavy atom. The number of carbonyl (C=O) groups is 1. The van der Waals surface area contributed by atoms with E-state index < -0.39 is 0 Å². The third-order valence-corrected chi connectivity index (χ3v) is 2.84. The van der Waals surface area contributed by atoms with E-state index in [0.717, 1.165) is 12.1 Å². The summed E-state index contributed by atoms with van der Waals surface area (Å²) in [6.45, 7) is 3.15. The van der Waals surface area contributed by atoms with Gasteiger partial charge < -0.3 is 15.4 Å². The topological polar surface area (TPSA) is 76.1 Å². The highest BCUT2D eigenvalue weighted by Gasteiger charge is 2.06. The van der Waals surface area contributed by atoms with Gasteiger partial charge in [-0.2, -0.15) is 0 Å².